The summed E-state index contributed by atoms with van der Waals surface area (Å²) in [7, 11) is 0. The maximum absolute atomic E-state index is 12.6. The molecule has 10 heteroatoms. The lowest BCUT2D eigenvalue weighted by molar-refractivity contribution is -0.131. The molecule has 0 radical (unpaired) electrons. The van der Waals surface area contributed by atoms with E-state index in [4.69, 9.17) is 11.6 Å². The van der Waals surface area contributed by atoms with Gasteiger partial charge in [-0.3, -0.25) is 19.7 Å². The minimum atomic E-state index is -1.36. The van der Waals surface area contributed by atoms with E-state index >= 15 is 0 Å². The lowest BCUT2D eigenvalue weighted by Crippen LogP contribution is -2.58. The van der Waals surface area contributed by atoms with E-state index < -0.39 is 29.7 Å². The van der Waals surface area contributed by atoms with Crippen molar-refractivity contribution >= 4 is 69.8 Å². The molecular formula is C18H12ClIN4O4. The van der Waals surface area contributed by atoms with E-state index in [0.717, 1.165) is 14.7 Å². The summed E-state index contributed by atoms with van der Waals surface area (Å²) in [6.45, 7) is 0. The lowest BCUT2D eigenvalue weighted by Gasteiger charge is -2.28. The number of halogens is 2. The minimum Gasteiger partial charge on any atom is -0.276 e. The summed E-state index contributed by atoms with van der Waals surface area (Å²) in [6, 6.07) is 11.9. The summed E-state index contributed by atoms with van der Waals surface area (Å²) in [5.74, 6) is -3.48. The molecule has 8 nitrogen and oxygen atoms in total. The SMILES string of the molecule is O=C(N/N=C\[C@H]1C(=O)NC(=O)N(c2ccc(I)cc2)C1=O)c1ccc(Cl)cc1. The van der Waals surface area contributed by atoms with Gasteiger partial charge in [-0.1, -0.05) is 11.6 Å². The van der Waals surface area contributed by atoms with Crippen LogP contribution in [-0.2, 0) is 9.59 Å². The molecule has 1 aliphatic heterocycles. The molecule has 2 N–H and O–H groups in total. The number of nitrogens with zero attached hydrogens (tertiary/aromatic N) is 2. The third-order valence-corrected chi connectivity index (χ3v) is 4.75. The van der Waals surface area contributed by atoms with Gasteiger partial charge in [0, 0.05) is 20.4 Å². The first-order valence-corrected chi connectivity index (χ1v) is 9.36. The largest absolute Gasteiger partial charge is 0.335 e. The fourth-order valence-electron chi connectivity index (χ4n) is 2.39. The van der Waals surface area contributed by atoms with Crippen molar-refractivity contribution in [2.45, 2.75) is 0 Å². The highest BCUT2D eigenvalue weighted by Crippen LogP contribution is 2.21. The number of hydrogen-bond donors (Lipinski definition) is 2. The van der Waals surface area contributed by atoms with Crippen molar-refractivity contribution in [3.63, 3.8) is 0 Å². The van der Waals surface area contributed by atoms with Crippen molar-refractivity contribution in [2.75, 3.05) is 4.90 Å². The maximum Gasteiger partial charge on any atom is 0.335 e. The van der Waals surface area contributed by atoms with Crippen molar-refractivity contribution < 1.29 is 19.2 Å². The Kier molecular flexibility index (Phi) is 6.05. The zero-order valence-electron chi connectivity index (χ0n) is 14.1. The normalized spacial score (nSPS) is 17.0. The number of hydrazone groups is 1. The minimum absolute atomic E-state index is 0.302. The third-order valence-electron chi connectivity index (χ3n) is 3.78. The number of barbiturate groups is 1. The van der Waals surface area contributed by atoms with Crippen LogP contribution in [0.15, 0.2) is 53.6 Å². The molecule has 0 bridgehead atoms. The number of carbonyl (C=O) groups is 4. The summed E-state index contributed by atoms with van der Waals surface area (Å²) in [4.78, 5) is 49.6. The molecule has 0 saturated carbocycles. The van der Waals surface area contributed by atoms with Gasteiger partial charge in [0.25, 0.3) is 11.8 Å². The molecule has 28 heavy (non-hydrogen) atoms. The Balaban J connectivity index is 1.74. The standard InChI is InChI=1S/C18H12ClIN4O4/c19-11-3-1-10(2-4-11)15(25)23-21-9-14-16(26)22-18(28)24(17(14)27)13-7-5-12(20)6-8-13/h1-9,14H,(H,23,25)(H,22,26,28)/b21-9-/t14-/m0/s1. The van der Waals surface area contributed by atoms with E-state index in [9.17, 15) is 19.2 Å². The predicted molar refractivity (Wildman–Crippen MR) is 111 cm³/mol. The molecule has 1 fully saturated rings. The van der Waals surface area contributed by atoms with Gasteiger partial charge in [-0.2, -0.15) is 5.10 Å². The molecule has 1 aliphatic rings. The van der Waals surface area contributed by atoms with Gasteiger partial charge in [-0.15, -0.1) is 0 Å². The van der Waals surface area contributed by atoms with Crippen LogP contribution in [0.1, 0.15) is 10.4 Å². The molecule has 1 saturated heterocycles. The second-order valence-electron chi connectivity index (χ2n) is 5.65. The van der Waals surface area contributed by atoms with Gasteiger partial charge in [0.15, 0.2) is 5.92 Å². The molecule has 0 aliphatic carbocycles. The summed E-state index contributed by atoms with van der Waals surface area (Å²) < 4.78 is 0.922. The van der Waals surface area contributed by atoms with Crippen LogP contribution in [0.5, 0.6) is 0 Å². The molecule has 1 atom stereocenters. The average Bonchev–Trinajstić information content (AvgIpc) is 2.66. The number of carbonyl (C=O) groups excluding carboxylic acids is 4. The van der Waals surface area contributed by atoms with Crippen LogP contribution in [0.3, 0.4) is 0 Å². The molecule has 2 aromatic rings. The van der Waals surface area contributed by atoms with Crippen LogP contribution in [-0.4, -0.2) is 30.0 Å². The Hall–Kier alpha value is -2.79. The summed E-state index contributed by atoms with van der Waals surface area (Å²) in [5, 5.41) is 6.27. The number of nitrogens with one attached hydrogen (secondary N) is 2. The van der Waals surface area contributed by atoms with Gasteiger partial charge in [-0.25, -0.2) is 15.1 Å². The van der Waals surface area contributed by atoms with E-state index in [2.05, 4.69) is 38.4 Å². The monoisotopic (exact) mass is 510 g/mol. The fourth-order valence-corrected chi connectivity index (χ4v) is 2.88. The second kappa shape index (κ2) is 8.48. The van der Waals surface area contributed by atoms with Gasteiger partial charge >= 0.3 is 6.03 Å². The van der Waals surface area contributed by atoms with Crippen LogP contribution in [0.25, 0.3) is 0 Å². The van der Waals surface area contributed by atoms with Crippen LogP contribution in [0.2, 0.25) is 5.02 Å². The molecule has 0 aromatic heterocycles. The molecule has 1 heterocycles. The fraction of sp³-hybridized carbons (Fsp3) is 0.0556. The highest BCUT2D eigenvalue weighted by molar-refractivity contribution is 14.1. The maximum atomic E-state index is 12.6. The highest BCUT2D eigenvalue weighted by Gasteiger charge is 2.40. The Bertz CT molecular complexity index is 976. The summed E-state index contributed by atoms with van der Waals surface area (Å²) >= 11 is 7.85. The number of hydrogen-bond acceptors (Lipinski definition) is 5. The third kappa shape index (κ3) is 4.37. The number of benzene rings is 2. The Labute approximate surface area is 178 Å². The van der Waals surface area contributed by atoms with Gasteiger partial charge in [0.05, 0.1) is 5.69 Å². The van der Waals surface area contributed by atoms with Crippen molar-refractivity contribution in [3.05, 3.63) is 62.7 Å². The van der Waals surface area contributed by atoms with Crippen LogP contribution >= 0.6 is 34.2 Å². The van der Waals surface area contributed by atoms with Crippen LogP contribution in [0.4, 0.5) is 10.5 Å². The average molecular weight is 511 g/mol. The highest BCUT2D eigenvalue weighted by atomic mass is 127. The van der Waals surface area contributed by atoms with Gasteiger partial charge < -0.3 is 0 Å². The van der Waals surface area contributed by atoms with Crippen molar-refractivity contribution in [2.24, 2.45) is 11.0 Å². The Morgan fingerprint density at radius 3 is 2.39 bits per heavy atom. The van der Waals surface area contributed by atoms with Crippen LogP contribution in [0, 0.1) is 9.49 Å². The molecule has 2 aromatic carbocycles. The number of imide groups is 2. The molecule has 142 valence electrons. The number of anilines is 1. The first kappa shape index (κ1) is 20.0. The Morgan fingerprint density at radius 2 is 1.75 bits per heavy atom. The first-order valence-electron chi connectivity index (χ1n) is 7.90. The van der Waals surface area contributed by atoms with E-state index in [1.54, 1.807) is 36.4 Å². The lowest BCUT2D eigenvalue weighted by atomic mass is 10.1. The summed E-state index contributed by atoms with van der Waals surface area (Å²) in [6.07, 6.45) is 0.984. The second-order valence-corrected chi connectivity index (χ2v) is 7.33. The quantitative estimate of drug-likeness (QED) is 0.285. The van der Waals surface area contributed by atoms with E-state index in [-0.39, 0.29) is 0 Å². The number of amides is 5. The molecule has 5 amide bonds. The van der Waals surface area contributed by atoms with Gasteiger partial charge in [-0.05, 0) is 71.1 Å². The van der Waals surface area contributed by atoms with Gasteiger partial charge in [0.2, 0.25) is 5.91 Å². The first-order chi connectivity index (χ1) is 13.4. The molecule has 0 spiro atoms. The molecule has 3 rings (SSSR count). The predicted octanol–water partition coefficient (Wildman–Crippen LogP) is 2.56. The van der Waals surface area contributed by atoms with Crippen LogP contribution < -0.4 is 15.6 Å². The van der Waals surface area contributed by atoms with E-state index in [1.165, 1.54) is 12.1 Å². The van der Waals surface area contributed by atoms with Crippen molar-refractivity contribution in [3.8, 4) is 0 Å². The van der Waals surface area contributed by atoms with Crippen molar-refractivity contribution in [1.82, 2.24) is 10.7 Å². The zero-order valence-corrected chi connectivity index (χ0v) is 17.0. The van der Waals surface area contributed by atoms with Gasteiger partial charge in [0.1, 0.15) is 0 Å². The molecule has 0 unspecified atom stereocenters. The zero-order chi connectivity index (χ0) is 20.3. The van der Waals surface area contributed by atoms with E-state index in [0.29, 0.717) is 16.3 Å². The summed E-state index contributed by atoms with van der Waals surface area (Å²) in [5.41, 5.74) is 2.85. The number of rotatable bonds is 4. The van der Waals surface area contributed by atoms with E-state index in [1.807, 2.05) is 0 Å². The van der Waals surface area contributed by atoms with Crippen molar-refractivity contribution in [1.29, 1.82) is 0 Å². The molecular weight excluding hydrogens is 499 g/mol. The Morgan fingerprint density at radius 1 is 1.11 bits per heavy atom. The smallest absolute Gasteiger partial charge is 0.276 e. The number of urea groups is 1. The topological polar surface area (TPSA) is 108 Å².